The van der Waals surface area contributed by atoms with Gasteiger partial charge < -0.3 is 16.0 Å². The zero-order chi connectivity index (χ0) is 18.9. The van der Waals surface area contributed by atoms with Crippen LogP contribution in [-0.4, -0.2) is 62.1 Å². The zero-order valence-corrected chi connectivity index (χ0v) is 16.5. The van der Waals surface area contributed by atoms with Crippen LogP contribution in [0.2, 0.25) is 0 Å². The van der Waals surface area contributed by atoms with Gasteiger partial charge >= 0.3 is 0 Å². The maximum Gasteiger partial charge on any atom is 0.239 e. The van der Waals surface area contributed by atoms with Crippen molar-refractivity contribution < 1.29 is 4.79 Å². The maximum atomic E-state index is 12.0. The molecular weight excluding hydrogens is 326 g/mol. The fourth-order valence-corrected chi connectivity index (χ4v) is 3.20. The van der Waals surface area contributed by atoms with Gasteiger partial charge in [-0.05, 0) is 31.7 Å². The van der Waals surface area contributed by atoms with Crippen molar-refractivity contribution in [2.45, 2.75) is 39.3 Å². The average Bonchev–Trinajstić information content (AvgIpc) is 3.00. The van der Waals surface area contributed by atoms with Gasteiger partial charge in [-0.3, -0.25) is 14.7 Å². The third-order valence-electron chi connectivity index (χ3n) is 4.91. The number of guanidine groups is 1. The molecule has 1 heterocycles. The summed E-state index contributed by atoms with van der Waals surface area (Å²) < 4.78 is 0. The molecule has 6 heteroatoms. The smallest absolute Gasteiger partial charge is 0.239 e. The van der Waals surface area contributed by atoms with E-state index in [0.29, 0.717) is 30.5 Å². The lowest BCUT2D eigenvalue weighted by atomic mass is 10.1. The number of benzene rings is 1. The van der Waals surface area contributed by atoms with Gasteiger partial charge in [0.1, 0.15) is 0 Å². The number of nitrogens with one attached hydrogen (secondary N) is 3. The van der Waals surface area contributed by atoms with E-state index in [9.17, 15) is 4.79 Å². The molecule has 26 heavy (non-hydrogen) atoms. The number of hydrogen-bond acceptors (Lipinski definition) is 3. The molecule has 1 amide bonds. The van der Waals surface area contributed by atoms with E-state index >= 15 is 0 Å². The van der Waals surface area contributed by atoms with Crippen LogP contribution in [0.25, 0.3) is 0 Å². The molecule has 1 aliphatic rings. The first kappa shape index (κ1) is 20.2. The number of rotatable bonds is 7. The van der Waals surface area contributed by atoms with Gasteiger partial charge in [-0.15, -0.1) is 0 Å². The maximum absolute atomic E-state index is 12.0. The van der Waals surface area contributed by atoms with E-state index in [2.05, 4.69) is 58.7 Å². The van der Waals surface area contributed by atoms with E-state index < -0.39 is 0 Å². The minimum atomic E-state index is -0.0211. The summed E-state index contributed by atoms with van der Waals surface area (Å²) in [5, 5.41) is 9.52. The number of aliphatic imine (C=N–C) groups is 1. The van der Waals surface area contributed by atoms with Crippen LogP contribution in [-0.2, 0) is 11.2 Å². The number of likely N-dealkylation sites (tertiary alicyclic amines) is 1. The summed E-state index contributed by atoms with van der Waals surface area (Å²) in [7, 11) is 1.74. The lowest BCUT2D eigenvalue weighted by molar-refractivity contribution is -0.119. The van der Waals surface area contributed by atoms with Gasteiger partial charge in [-0.2, -0.15) is 0 Å². The molecule has 1 aliphatic heterocycles. The zero-order valence-electron chi connectivity index (χ0n) is 16.5. The first-order valence-corrected chi connectivity index (χ1v) is 9.51. The Morgan fingerprint density at radius 3 is 2.58 bits per heavy atom. The Morgan fingerprint density at radius 1 is 1.23 bits per heavy atom. The summed E-state index contributed by atoms with van der Waals surface area (Å²) in [4.78, 5) is 18.7. The van der Waals surface area contributed by atoms with Crippen molar-refractivity contribution in [3.05, 3.63) is 35.9 Å². The number of carbonyl (C=O) groups is 1. The summed E-state index contributed by atoms with van der Waals surface area (Å²) in [5.74, 6) is 1.22. The molecule has 144 valence electrons. The highest BCUT2D eigenvalue weighted by molar-refractivity contribution is 5.86. The molecule has 2 unspecified atom stereocenters. The fourth-order valence-electron chi connectivity index (χ4n) is 3.20. The molecule has 0 bridgehead atoms. The van der Waals surface area contributed by atoms with E-state index in [1.54, 1.807) is 7.05 Å². The number of hydrogen-bond donors (Lipinski definition) is 3. The molecular formula is C20H33N5O. The highest BCUT2D eigenvalue weighted by Gasteiger charge is 2.31. The summed E-state index contributed by atoms with van der Waals surface area (Å²) in [6, 6.07) is 11.1. The number of carbonyl (C=O) groups excluding carboxylic acids is 1. The van der Waals surface area contributed by atoms with E-state index in [4.69, 9.17) is 0 Å². The molecule has 2 rings (SSSR count). The van der Waals surface area contributed by atoms with Crippen molar-refractivity contribution in [3.63, 3.8) is 0 Å². The highest BCUT2D eigenvalue weighted by atomic mass is 16.1. The van der Waals surface area contributed by atoms with E-state index in [1.165, 1.54) is 5.56 Å². The fraction of sp³-hybridized carbons (Fsp3) is 0.600. The van der Waals surface area contributed by atoms with Crippen LogP contribution in [0.3, 0.4) is 0 Å². The summed E-state index contributed by atoms with van der Waals surface area (Å²) in [6.07, 6.45) is 0.837. The van der Waals surface area contributed by atoms with E-state index in [1.807, 2.05) is 18.2 Å². The van der Waals surface area contributed by atoms with Crippen LogP contribution in [0.4, 0.5) is 0 Å². The van der Waals surface area contributed by atoms with Crippen LogP contribution in [0.5, 0.6) is 0 Å². The molecule has 1 aromatic rings. The van der Waals surface area contributed by atoms with Crippen molar-refractivity contribution in [3.8, 4) is 0 Å². The minimum absolute atomic E-state index is 0.0211. The Hall–Kier alpha value is -2.08. The second-order valence-corrected chi connectivity index (χ2v) is 7.29. The largest absolute Gasteiger partial charge is 0.354 e. The topological polar surface area (TPSA) is 68.8 Å². The quantitative estimate of drug-likeness (QED) is 0.506. The second kappa shape index (κ2) is 10.2. The standard InChI is InChI=1S/C20H33N5O/c1-15(2)25-13-16(3)18(14-25)24-20(21-4)23-12-19(26)22-11-10-17-8-6-5-7-9-17/h5-9,15-16,18H,10-14H2,1-4H3,(H,22,26)(H2,21,23,24). The Kier molecular flexibility index (Phi) is 7.91. The summed E-state index contributed by atoms with van der Waals surface area (Å²) >= 11 is 0. The van der Waals surface area contributed by atoms with E-state index in [-0.39, 0.29) is 12.5 Å². The Labute approximate surface area is 157 Å². The Bertz CT molecular complexity index is 587. The number of amides is 1. The van der Waals surface area contributed by atoms with Gasteiger partial charge in [0.15, 0.2) is 5.96 Å². The van der Waals surface area contributed by atoms with Gasteiger partial charge in [0, 0.05) is 38.8 Å². The molecule has 1 saturated heterocycles. The molecule has 6 nitrogen and oxygen atoms in total. The summed E-state index contributed by atoms with van der Waals surface area (Å²) in [6.45, 7) is 9.66. The molecule has 0 saturated carbocycles. The van der Waals surface area contributed by atoms with E-state index in [0.717, 1.165) is 19.5 Å². The molecule has 2 atom stereocenters. The Balaban J connectivity index is 1.69. The third-order valence-corrected chi connectivity index (χ3v) is 4.91. The monoisotopic (exact) mass is 359 g/mol. The molecule has 0 aliphatic carbocycles. The lowest BCUT2D eigenvalue weighted by Crippen LogP contribution is -2.49. The van der Waals surface area contributed by atoms with Gasteiger partial charge in [0.05, 0.1) is 6.54 Å². The minimum Gasteiger partial charge on any atom is -0.354 e. The van der Waals surface area contributed by atoms with Gasteiger partial charge in [-0.1, -0.05) is 37.3 Å². The molecule has 3 N–H and O–H groups in total. The SMILES string of the molecule is CN=C(NCC(=O)NCCc1ccccc1)NC1CN(C(C)C)CC1C. The van der Waals surface area contributed by atoms with Crippen LogP contribution < -0.4 is 16.0 Å². The predicted molar refractivity (Wildman–Crippen MR) is 107 cm³/mol. The van der Waals surface area contributed by atoms with Crippen LogP contribution in [0.1, 0.15) is 26.3 Å². The molecule has 1 fully saturated rings. The molecule has 0 aromatic heterocycles. The van der Waals surface area contributed by atoms with Gasteiger partial charge in [0.25, 0.3) is 0 Å². The second-order valence-electron chi connectivity index (χ2n) is 7.29. The van der Waals surface area contributed by atoms with Crippen molar-refractivity contribution >= 4 is 11.9 Å². The van der Waals surface area contributed by atoms with Crippen LogP contribution in [0.15, 0.2) is 35.3 Å². The van der Waals surface area contributed by atoms with Crippen LogP contribution >= 0.6 is 0 Å². The normalized spacial score (nSPS) is 21.0. The van der Waals surface area contributed by atoms with Gasteiger partial charge in [-0.25, -0.2) is 0 Å². The highest BCUT2D eigenvalue weighted by Crippen LogP contribution is 2.18. The first-order chi connectivity index (χ1) is 12.5. The van der Waals surface area contributed by atoms with Crippen LogP contribution in [0, 0.1) is 5.92 Å². The summed E-state index contributed by atoms with van der Waals surface area (Å²) in [5.41, 5.74) is 1.23. The van der Waals surface area contributed by atoms with Crippen molar-refractivity contribution in [1.82, 2.24) is 20.9 Å². The lowest BCUT2D eigenvalue weighted by Gasteiger charge is -2.21. The third kappa shape index (κ3) is 6.33. The molecule has 0 spiro atoms. The number of nitrogens with zero attached hydrogens (tertiary/aromatic N) is 2. The molecule has 0 radical (unpaired) electrons. The average molecular weight is 360 g/mol. The molecule has 1 aromatic carbocycles. The van der Waals surface area contributed by atoms with Crippen molar-refractivity contribution in [2.24, 2.45) is 10.9 Å². The predicted octanol–water partition coefficient (Wildman–Crippen LogP) is 1.24. The van der Waals surface area contributed by atoms with Crippen molar-refractivity contribution in [2.75, 3.05) is 33.2 Å². The Morgan fingerprint density at radius 2 is 1.96 bits per heavy atom. The first-order valence-electron chi connectivity index (χ1n) is 9.51. The van der Waals surface area contributed by atoms with Gasteiger partial charge in [0.2, 0.25) is 5.91 Å². The van der Waals surface area contributed by atoms with Crippen molar-refractivity contribution in [1.29, 1.82) is 0 Å².